The van der Waals surface area contributed by atoms with Gasteiger partial charge >= 0.3 is 12.3 Å². The molecule has 1 aliphatic carbocycles. The highest BCUT2D eigenvalue weighted by Gasteiger charge is 2.31. The van der Waals surface area contributed by atoms with Crippen molar-refractivity contribution in [1.82, 2.24) is 0 Å². The highest BCUT2D eigenvalue weighted by molar-refractivity contribution is 6.09. The van der Waals surface area contributed by atoms with Crippen molar-refractivity contribution in [3.05, 3.63) is 59.2 Å². The molecular formula is C21H15F3N2O4. The number of halogens is 3. The Morgan fingerprint density at radius 2 is 1.77 bits per heavy atom. The Bertz CT molecular complexity index is 1080. The van der Waals surface area contributed by atoms with Gasteiger partial charge in [-0.1, -0.05) is 18.2 Å². The summed E-state index contributed by atoms with van der Waals surface area (Å²) in [7, 11) is 0. The Morgan fingerprint density at radius 3 is 2.43 bits per heavy atom. The quantitative estimate of drug-likeness (QED) is 0.741. The van der Waals surface area contributed by atoms with E-state index in [1.807, 2.05) is 6.07 Å². The van der Waals surface area contributed by atoms with Crippen molar-refractivity contribution in [2.45, 2.75) is 25.6 Å². The van der Waals surface area contributed by atoms with E-state index in [2.05, 4.69) is 10.1 Å². The van der Waals surface area contributed by atoms with Crippen LogP contribution in [0.5, 0.6) is 5.75 Å². The highest BCUT2D eigenvalue weighted by Crippen LogP contribution is 2.31. The normalized spacial score (nSPS) is 13.7. The van der Waals surface area contributed by atoms with E-state index in [1.165, 1.54) is 30.3 Å². The molecule has 9 heteroatoms. The van der Waals surface area contributed by atoms with Gasteiger partial charge in [0, 0.05) is 11.1 Å². The minimum absolute atomic E-state index is 0.0594. The first-order chi connectivity index (χ1) is 14.2. The van der Waals surface area contributed by atoms with Gasteiger partial charge in [-0.3, -0.25) is 4.79 Å². The Labute approximate surface area is 169 Å². The van der Waals surface area contributed by atoms with Gasteiger partial charge in [0.1, 0.15) is 11.8 Å². The summed E-state index contributed by atoms with van der Waals surface area (Å²) in [6, 6.07) is 11.6. The maximum atomic E-state index is 12.5. The van der Waals surface area contributed by atoms with Gasteiger partial charge in [0.2, 0.25) is 0 Å². The smallest absolute Gasteiger partial charge is 0.478 e. The second-order valence-electron chi connectivity index (χ2n) is 6.52. The summed E-state index contributed by atoms with van der Waals surface area (Å²) in [5.41, 5.74) is 1.33. The van der Waals surface area contributed by atoms with Gasteiger partial charge in [-0.05, 0) is 54.7 Å². The van der Waals surface area contributed by atoms with Crippen molar-refractivity contribution in [1.29, 1.82) is 5.26 Å². The topological polar surface area (TPSA) is 99.4 Å². The third kappa shape index (κ3) is 4.78. The number of carboxylic acid groups (broad SMARTS) is 1. The van der Waals surface area contributed by atoms with Crippen LogP contribution in [0.15, 0.2) is 53.6 Å². The fourth-order valence-corrected chi connectivity index (χ4v) is 3.23. The van der Waals surface area contributed by atoms with E-state index in [-0.39, 0.29) is 22.4 Å². The van der Waals surface area contributed by atoms with Gasteiger partial charge in [-0.2, -0.15) is 5.26 Å². The molecular weight excluding hydrogens is 401 g/mol. The lowest BCUT2D eigenvalue weighted by Gasteiger charge is -2.12. The number of nitriles is 1. The zero-order valence-electron chi connectivity index (χ0n) is 15.4. The van der Waals surface area contributed by atoms with Gasteiger partial charge in [-0.15, -0.1) is 13.2 Å². The first-order valence-electron chi connectivity index (χ1n) is 8.85. The molecule has 3 rings (SSSR count). The molecule has 0 saturated heterocycles. The largest absolute Gasteiger partial charge is 0.573 e. The Kier molecular flexibility index (Phi) is 5.78. The van der Waals surface area contributed by atoms with Gasteiger partial charge in [0.25, 0.3) is 5.91 Å². The molecule has 0 radical (unpaired) electrons. The lowest BCUT2D eigenvalue weighted by Crippen LogP contribution is -2.17. The van der Waals surface area contributed by atoms with Gasteiger partial charge in [0.05, 0.1) is 11.3 Å². The zero-order chi connectivity index (χ0) is 21.9. The maximum Gasteiger partial charge on any atom is 0.573 e. The maximum absolute atomic E-state index is 12.5. The molecule has 30 heavy (non-hydrogen) atoms. The van der Waals surface area contributed by atoms with E-state index in [4.69, 9.17) is 0 Å². The van der Waals surface area contributed by atoms with Crippen LogP contribution in [0.25, 0.3) is 11.1 Å². The molecule has 0 spiro atoms. The van der Waals surface area contributed by atoms with Crippen LogP contribution in [0.2, 0.25) is 0 Å². The summed E-state index contributed by atoms with van der Waals surface area (Å²) in [4.78, 5) is 23.7. The molecule has 2 N–H and O–H groups in total. The molecule has 6 nitrogen and oxygen atoms in total. The predicted molar refractivity (Wildman–Crippen MR) is 100 cm³/mol. The fraction of sp³-hybridized carbons (Fsp3) is 0.190. The third-order valence-electron chi connectivity index (χ3n) is 4.54. The number of rotatable bonds is 5. The summed E-state index contributed by atoms with van der Waals surface area (Å²) in [6.07, 6.45) is -3.63. The number of anilines is 1. The lowest BCUT2D eigenvalue weighted by molar-refractivity contribution is -0.274. The van der Waals surface area contributed by atoms with Crippen molar-refractivity contribution < 1.29 is 32.6 Å². The third-order valence-corrected chi connectivity index (χ3v) is 4.54. The van der Waals surface area contributed by atoms with E-state index < -0.39 is 24.0 Å². The number of nitrogens with one attached hydrogen (secondary N) is 1. The zero-order valence-corrected chi connectivity index (χ0v) is 15.4. The summed E-state index contributed by atoms with van der Waals surface area (Å²) in [5.74, 6) is -2.13. The molecule has 0 bridgehead atoms. The lowest BCUT2D eigenvalue weighted by atomic mass is 10.0. The first kappa shape index (κ1) is 20.9. The number of ether oxygens (including phenoxy) is 1. The summed E-state index contributed by atoms with van der Waals surface area (Å²) >= 11 is 0. The summed E-state index contributed by atoms with van der Waals surface area (Å²) in [5, 5.41) is 21.2. The molecule has 0 aromatic heterocycles. The number of alkyl halides is 3. The molecule has 2 aromatic rings. The summed E-state index contributed by atoms with van der Waals surface area (Å²) in [6.45, 7) is 0. The van der Waals surface area contributed by atoms with Crippen LogP contribution in [-0.2, 0) is 9.59 Å². The number of hydrogen-bond donors (Lipinski definition) is 2. The van der Waals surface area contributed by atoms with Crippen LogP contribution >= 0.6 is 0 Å². The van der Waals surface area contributed by atoms with E-state index in [9.17, 15) is 33.1 Å². The van der Waals surface area contributed by atoms with Crippen molar-refractivity contribution >= 4 is 17.6 Å². The molecule has 0 fully saturated rings. The standard InChI is InChI=1S/C21H15F3N2O4/c22-21(23,24)30-15-4-1-3-12(10-15)13-7-8-18(14(9-13)11-25)26-19(27)16-5-2-6-17(16)20(28)29/h1,3-4,7-10H,2,5-6H2,(H,26,27)(H,28,29). The van der Waals surface area contributed by atoms with Crippen LogP contribution in [0.3, 0.4) is 0 Å². The highest BCUT2D eigenvalue weighted by atomic mass is 19.4. The number of amides is 1. The molecule has 1 amide bonds. The summed E-state index contributed by atoms with van der Waals surface area (Å²) < 4.78 is 41.2. The molecule has 0 saturated carbocycles. The molecule has 0 heterocycles. The minimum Gasteiger partial charge on any atom is -0.478 e. The average molecular weight is 416 g/mol. The molecule has 0 unspecified atom stereocenters. The molecule has 154 valence electrons. The molecule has 0 atom stereocenters. The SMILES string of the molecule is N#Cc1cc(-c2cccc(OC(F)(F)F)c2)ccc1NC(=O)C1=C(C(=O)O)CCC1. The number of carboxylic acids is 1. The van der Waals surface area contributed by atoms with Crippen molar-refractivity contribution in [2.24, 2.45) is 0 Å². The van der Waals surface area contributed by atoms with Crippen molar-refractivity contribution in [2.75, 3.05) is 5.32 Å². The van der Waals surface area contributed by atoms with Gasteiger partial charge < -0.3 is 15.2 Å². The van der Waals surface area contributed by atoms with Crippen LogP contribution < -0.4 is 10.1 Å². The van der Waals surface area contributed by atoms with Crippen LogP contribution in [-0.4, -0.2) is 23.3 Å². The molecule has 1 aliphatic rings. The Morgan fingerprint density at radius 1 is 1.07 bits per heavy atom. The number of aliphatic carboxylic acids is 1. The molecule has 2 aromatic carbocycles. The minimum atomic E-state index is -4.83. The second-order valence-corrected chi connectivity index (χ2v) is 6.52. The van der Waals surface area contributed by atoms with E-state index >= 15 is 0 Å². The van der Waals surface area contributed by atoms with Gasteiger partial charge in [0.15, 0.2) is 0 Å². The molecule has 0 aliphatic heterocycles. The van der Waals surface area contributed by atoms with E-state index in [1.54, 1.807) is 6.07 Å². The number of hydrogen-bond acceptors (Lipinski definition) is 4. The monoisotopic (exact) mass is 416 g/mol. The number of nitrogens with zero attached hydrogens (tertiary/aromatic N) is 1. The second kappa shape index (κ2) is 8.29. The van der Waals surface area contributed by atoms with Crippen LogP contribution in [0.4, 0.5) is 18.9 Å². The Balaban J connectivity index is 1.87. The Hall–Kier alpha value is -3.80. The fourth-order valence-electron chi connectivity index (χ4n) is 3.23. The number of carbonyl (C=O) groups excluding carboxylic acids is 1. The number of benzene rings is 2. The van der Waals surface area contributed by atoms with E-state index in [0.29, 0.717) is 30.4 Å². The van der Waals surface area contributed by atoms with Crippen molar-refractivity contribution in [3.63, 3.8) is 0 Å². The number of carbonyl (C=O) groups is 2. The van der Waals surface area contributed by atoms with Crippen LogP contribution in [0.1, 0.15) is 24.8 Å². The average Bonchev–Trinajstić information content (AvgIpc) is 3.17. The van der Waals surface area contributed by atoms with Crippen LogP contribution in [0, 0.1) is 11.3 Å². The van der Waals surface area contributed by atoms with E-state index in [0.717, 1.165) is 6.07 Å². The first-order valence-corrected chi connectivity index (χ1v) is 8.85. The van der Waals surface area contributed by atoms with Crippen molar-refractivity contribution in [3.8, 4) is 22.9 Å². The van der Waals surface area contributed by atoms with Gasteiger partial charge in [-0.25, -0.2) is 4.79 Å². The predicted octanol–water partition coefficient (Wildman–Crippen LogP) is 4.63.